The Balaban J connectivity index is 1.94. The quantitative estimate of drug-likeness (QED) is 0.682. The molecule has 8 heteroatoms. The molecule has 0 fully saturated rings. The van der Waals surface area contributed by atoms with Crippen LogP contribution >= 0.6 is 11.3 Å². The SMILES string of the molecule is Cc1cccc(N(Cc2nc3cc(F)cc(F)c3s2)C(=O)CCC(=O)O)c1. The smallest absolute Gasteiger partial charge is 0.303 e. The molecule has 0 aliphatic heterocycles. The maximum Gasteiger partial charge on any atom is 0.303 e. The third-order valence-electron chi connectivity index (χ3n) is 3.91. The van der Waals surface area contributed by atoms with Gasteiger partial charge in [-0.15, -0.1) is 11.3 Å². The Bertz CT molecular complexity index is 1020. The number of fused-ring (bicyclic) bond motifs is 1. The standard InChI is InChI=1S/C19H16F2N2O3S/c1-11-3-2-4-13(7-11)23(17(24)5-6-18(25)26)10-16-22-15-9-12(20)8-14(21)19(15)27-16/h2-4,7-9H,5-6,10H2,1H3,(H,25,26). The van der Waals surface area contributed by atoms with Crippen LogP contribution in [0.2, 0.25) is 0 Å². The summed E-state index contributed by atoms with van der Waals surface area (Å²) in [7, 11) is 0. The number of carbonyl (C=O) groups is 2. The highest BCUT2D eigenvalue weighted by atomic mass is 32.1. The number of carbonyl (C=O) groups excluding carboxylic acids is 1. The number of hydrogen-bond acceptors (Lipinski definition) is 4. The van der Waals surface area contributed by atoms with Gasteiger partial charge in [0.15, 0.2) is 0 Å². The molecule has 0 saturated heterocycles. The van der Waals surface area contributed by atoms with Crippen molar-refractivity contribution in [1.82, 2.24) is 4.98 Å². The number of aromatic nitrogens is 1. The first-order valence-electron chi connectivity index (χ1n) is 8.17. The number of aryl methyl sites for hydroxylation is 1. The summed E-state index contributed by atoms with van der Waals surface area (Å²) in [6, 6.07) is 9.13. The Kier molecular flexibility index (Phi) is 5.46. The maximum atomic E-state index is 13.9. The first-order valence-corrected chi connectivity index (χ1v) is 8.98. The van der Waals surface area contributed by atoms with Crippen molar-refractivity contribution in [3.05, 3.63) is 58.6 Å². The molecular weight excluding hydrogens is 374 g/mol. The van der Waals surface area contributed by atoms with Crippen molar-refractivity contribution < 1.29 is 23.5 Å². The van der Waals surface area contributed by atoms with Crippen molar-refractivity contribution in [2.75, 3.05) is 4.90 Å². The van der Waals surface area contributed by atoms with Crippen molar-refractivity contribution >= 4 is 39.1 Å². The molecule has 0 unspecified atom stereocenters. The predicted octanol–water partition coefficient (Wildman–Crippen LogP) is 4.28. The van der Waals surface area contributed by atoms with Gasteiger partial charge in [0, 0.05) is 24.2 Å². The zero-order chi connectivity index (χ0) is 19.6. The van der Waals surface area contributed by atoms with E-state index in [9.17, 15) is 18.4 Å². The normalized spacial score (nSPS) is 10.9. The molecule has 3 aromatic rings. The third-order valence-corrected chi connectivity index (χ3v) is 4.98. The molecule has 1 amide bonds. The van der Waals surface area contributed by atoms with Crippen LogP contribution in [0.5, 0.6) is 0 Å². The number of benzene rings is 2. The number of thiazole rings is 1. The summed E-state index contributed by atoms with van der Waals surface area (Å²) >= 11 is 1.04. The van der Waals surface area contributed by atoms with Gasteiger partial charge in [-0.2, -0.15) is 0 Å². The zero-order valence-electron chi connectivity index (χ0n) is 14.4. The zero-order valence-corrected chi connectivity index (χ0v) is 15.2. The second kappa shape index (κ2) is 7.79. The van der Waals surface area contributed by atoms with Crippen molar-refractivity contribution in [2.45, 2.75) is 26.3 Å². The van der Waals surface area contributed by atoms with Crippen LogP contribution in [0.1, 0.15) is 23.4 Å². The van der Waals surface area contributed by atoms with E-state index in [2.05, 4.69) is 4.98 Å². The second-order valence-corrected chi connectivity index (χ2v) is 7.14. The van der Waals surface area contributed by atoms with E-state index < -0.39 is 17.6 Å². The second-order valence-electron chi connectivity index (χ2n) is 6.06. The number of anilines is 1. The molecule has 0 aliphatic carbocycles. The molecular formula is C19H16F2N2O3S. The fourth-order valence-electron chi connectivity index (χ4n) is 2.68. The summed E-state index contributed by atoms with van der Waals surface area (Å²) in [6.45, 7) is 1.92. The molecule has 0 bridgehead atoms. The number of amides is 1. The number of halogens is 2. The Labute approximate surface area is 157 Å². The lowest BCUT2D eigenvalue weighted by atomic mass is 10.2. The average molecular weight is 390 g/mol. The topological polar surface area (TPSA) is 70.5 Å². The maximum absolute atomic E-state index is 13.9. The molecule has 27 heavy (non-hydrogen) atoms. The van der Waals surface area contributed by atoms with E-state index in [0.29, 0.717) is 10.7 Å². The first-order chi connectivity index (χ1) is 12.8. The van der Waals surface area contributed by atoms with E-state index in [-0.39, 0.29) is 35.5 Å². The molecule has 0 saturated carbocycles. The Morgan fingerprint density at radius 2 is 1.96 bits per heavy atom. The summed E-state index contributed by atoms with van der Waals surface area (Å²) < 4.78 is 27.5. The van der Waals surface area contributed by atoms with Gasteiger partial charge in [0.2, 0.25) is 5.91 Å². The number of carboxylic acid groups (broad SMARTS) is 1. The van der Waals surface area contributed by atoms with Crippen molar-refractivity contribution in [1.29, 1.82) is 0 Å². The van der Waals surface area contributed by atoms with Crippen LogP contribution in [0, 0.1) is 18.6 Å². The molecule has 0 aliphatic rings. The highest BCUT2D eigenvalue weighted by molar-refractivity contribution is 7.18. The molecule has 0 radical (unpaired) electrons. The summed E-state index contributed by atoms with van der Waals surface area (Å²) in [5, 5.41) is 9.27. The molecule has 2 aromatic carbocycles. The van der Waals surface area contributed by atoms with Crippen LogP contribution in [0.4, 0.5) is 14.5 Å². The molecule has 140 valence electrons. The van der Waals surface area contributed by atoms with Gasteiger partial charge in [-0.3, -0.25) is 9.59 Å². The van der Waals surface area contributed by atoms with E-state index >= 15 is 0 Å². The first kappa shape index (κ1) is 18.9. The van der Waals surface area contributed by atoms with Crippen LogP contribution in [-0.4, -0.2) is 22.0 Å². The Hall–Kier alpha value is -2.87. The van der Waals surface area contributed by atoms with Gasteiger partial charge < -0.3 is 10.0 Å². The van der Waals surface area contributed by atoms with Crippen LogP contribution in [0.3, 0.4) is 0 Å². The number of hydrogen-bond donors (Lipinski definition) is 1. The highest BCUT2D eigenvalue weighted by Gasteiger charge is 2.20. The highest BCUT2D eigenvalue weighted by Crippen LogP contribution is 2.28. The number of nitrogens with zero attached hydrogens (tertiary/aromatic N) is 2. The van der Waals surface area contributed by atoms with Crippen LogP contribution in [0.15, 0.2) is 36.4 Å². The van der Waals surface area contributed by atoms with Gasteiger partial charge in [0.05, 0.1) is 23.2 Å². The number of carboxylic acids is 1. The third kappa shape index (κ3) is 4.46. The van der Waals surface area contributed by atoms with Gasteiger partial charge >= 0.3 is 5.97 Å². The van der Waals surface area contributed by atoms with E-state index in [4.69, 9.17) is 5.11 Å². The summed E-state index contributed by atoms with van der Waals surface area (Å²) in [5.41, 5.74) is 1.71. The summed E-state index contributed by atoms with van der Waals surface area (Å²) in [5.74, 6) is -2.86. The van der Waals surface area contributed by atoms with Crippen molar-refractivity contribution in [2.24, 2.45) is 0 Å². The Morgan fingerprint density at radius 1 is 1.19 bits per heavy atom. The van der Waals surface area contributed by atoms with Gasteiger partial charge in [0.1, 0.15) is 16.6 Å². The number of aliphatic carboxylic acids is 1. The molecule has 1 heterocycles. The minimum Gasteiger partial charge on any atom is -0.481 e. The predicted molar refractivity (Wildman–Crippen MR) is 98.8 cm³/mol. The van der Waals surface area contributed by atoms with Crippen molar-refractivity contribution in [3.8, 4) is 0 Å². The summed E-state index contributed by atoms with van der Waals surface area (Å²) in [4.78, 5) is 29.1. The van der Waals surface area contributed by atoms with Crippen molar-refractivity contribution in [3.63, 3.8) is 0 Å². The molecule has 0 atom stereocenters. The lowest BCUT2D eigenvalue weighted by Crippen LogP contribution is -2.30. The molecule has 0 spiro atoms. The molecule has 1 N–H and O–H groups in total. The minimum absolute atomic E-state index is 0.0440. The monoisotopic (exact) mass is 390 g/mol. The average Bonchev–Trinajstić information content (AvgIpc) is 3.00. The fourth-order valence-corrected chi connectivity index (χ4v) is 3.62. The van der Waals surface area contributed by atoms with Gasteiger partial charge in [-0.25, -0.2) is 13.8 Å². The van der Waals surface area contributed by atoms with Gasteiger partial charge in [-0.05, 0) is 24.6 Å². The van der Waals surface area contributed by atoms with Gasteiger partial charge in [-0.1, -0.05) is 12.1 Å². The summed E-state index contributed by atoms with van der Waals surface area (Å²) in [6.07, 6.45) is -0.460. The molecule has 3 rings (SSSR count). The van der Waals surface area contributed by atoms with E-state index in [1.807, 2.05) is 13.0 Å². The van der Waals surface area contributed by atoms with E-state index in [0.717, 1.165) is 29.0 Å². The largest absolute Gasteiger partial charge is 0.481 e. The van der Waals surface area contributed by atoms with Gasteiger partial charge in [0.25, 0.3) is 0 Å². The van der Waals surface area contributed by atoms with Crippen LogP contribution in [0.25, 0.3) is 10.2 Å². The van der Waals surface area contributed by atoms with E-state index in [1.54, 1.807) is 18.2 Å². The fraction of sp³-hybridized carbons (Fsp3) is 0.211. The molecule has 1 aromatic heterocycles. The Morgan fingerprint density at radius 3 is 2.67 bits per heavy atom. The van der Waals surface area contributed by atoms with Crippen LogP contribution < -0.4 is 4.90 Å². The minimum atomic E-state index is -1.06. The molecule has 5 nitrogen and oxygen atoms in total. The number of rotatable bonds is 6. The lowest BCUT2D eigenvalue weighted by Gasteiger charge is -2.22. The van der Waals surface area contributed by atoms with Crippen LogP contribution in [-0.2, 0) is 16.1 Å². The van der Waals surface area contributed by atoms with E-state index in [1.165, 1.54) is 4.90 Å². The lowest BCUT2D eigenvalue weighted by molar-refractivity contribution is -0.138.